The lowest BCUT2D eigenvalue weighted by Crippen LogP contribution is -2.14. The summed E-state index contributed by atoms with van der Waals surface area (Å²) in [6.07, 6.45) is 0. The predicted octanol–water partition coefficient (Wildman–Crippen LogP) is 15.6. The predicted molar refractivity (Wildman–Crippen MR) is 243 cm³/mol. The van der Waals surface area contributed by atoms with Crippen LogP contribution in [0.4, 0.5) is 17.1 Å². The van der Waals surface area contributed by atoms with E-state index in [-0.39, 0.29) is 0 Å². The molecule has 3 heterocycles. The zero-order valence-corrected chi connectivity index (χ0v) is 32.2. The first kappa shape index (κ1) is 32.9. The lowest BCUT2D eigenvalue weighted by atomic mass is 9.98. The van der Waals surface area contributed by atoms with Gasteiger partial charge in [-0.3, -0.25) is 0 Å². The molecule has 0 atom stereocenters. The van der Waals surface area contributed by atoms with Crippen molar-refractivity contribution >= 4 is 72.6 Å². The van der Waals surface area contributed by atoms with E-state index in [0.717, 1.165) is 44.3 Å². The number of para-hydroxylation sites is 4. The monoisotopic (exact) mass is 758 g/mol. The maximum absolute atomic E-state index is 6.57. The van der Waals surface area contributed by atoms with Crippen molar-refractivity contribution in [3.05, 3.63) is 206 Å². The van der Waals surface area contributed by atoms with Crippen LogP contribution >= 0.6 is 11.8 Å². The van der Waals surface area contributed by atoms with Crippen molar-refractivity contribution in [1.82, 2.24) is 4.57 Å². The van der Waals surface area contributed by atoms with E-state index in [1.54, 1.807) is 0 Å². The smallest absolute Gasteiger partial charge is 0.159 e. The molecule has 2 aromatic heterocycles. The van der Waals surface area contributed by atoms with E-state index in [9.17, 15) is 0 Å². The highest BCUT2D eigenvalue weighted by Crippen LogP contribution is 2.52. The topological polar surface area (TPSA) is 21.3 Å². The molecule has 0 saturated heterocycles. The first-order valence-electron chi connectivity index (χ1n) is 19.7. The molecule has 272 valence electrons. The third-order valence-corrected chi connectivity index (χ3v) is 12.7. The molecule has 1 aliphatic rings. The molecule has 0 saturated carbocycles. The van der Waals surface area contributed by atoms with Crippen LogP contribution in [0.25, 0.3) is 82.8 Å². The van der Waals surface area contributed by atoms with Gasteiger partial charge in [-0.25, -0.2) is 0 Å². The fraction of sp³-hybridized carbons (Fsp3) is 0. The average molecular weight is 759 g/mol. The van der Waals surface area contributed by atoms with Gasteiger partial charge >= 0.3 is 0 Å². The highest BCUT2D eigenvalue weighted by Gasteiger charge is 2.26. The van der Waals surface area contributed by atoms with Gasteiger partial charge in [-0.2, -0.15) is 0 Å². The molecule has 0 unspecified atom stereocenters. The third kappa shape index (κ3) is 5.23. The van der Waals surface area contributed by atoms with Crippen molar-refractivity contribution < 1.29 is 4.42 Å². The van der Waals surface area contributed by atoms with Crippen molar-refractivity contribution in [2.45, 2.75) is 9.79 Å². The number of hydrogen-bond donors (Lipinski definition) is 0. The van der Waals surface area contributed by atoms with Crippen LogP contribution in [0.2, 0.25) is 0 Å². The Hall–Kier alpha value is -7.27. The Morgan fingerprint density at radius 3 is 1.84 bits per heavy atom. The lowest BCUT2D eigenvalue weighted by molar-refractivity contribution is 0.666. The Kier molecular flexibility index (Phi) is 7.47. The van der Waals surface area contributed by atoms with E-state index in [2.05, 4.69) is 210 Å². The summed E-state index contributed by atoms with van der Waals surface area (Å²) in [5.74, 6) is 0. The quantitative estimate of drug-likeness (QED) is 0.174. The van der Waals surface area contributed by atoms with Gasteiger partial charge in [-0.05, 0) is 100 Å². The second-order valence-corrected chi connectivity index (χ2v) is 16.0. The number of anilines is 3. The summed E-state index contributed by atoms with van der Waals surface area (Å²) in [7, 11) is 0. The van der Waals surface area contributed by atoms with Gasteiger partial charge in [-0.15, -0.1) is 0 Å². The zero-order chi connectivity index (χ0) is 38.2. The van der Waals surface area contributed by atoms with Crippen LogP contribution in [0, 0.1) is 0 Å². The number of aromatic nitrogens is 1. The van der Waals surface area contributed by atoms with Crippen molar-refractivity contribution in [3.8, 4) is 39.1 Å². The minimum atomic E-state index is 0.897. The minimum absolute atomic E-state index is 0.897. The summed E-state index contributed by atoms with van der Waals surface area (Å²) >= 11 is 1.84. The summed E-state index contributed by atoms with van der Waals surface area (Å²) in [5, 5.41) is 4.69. The molecular formula is C54H34N2OS. The molecule has 9 aromatic carbocycles. The van der Waals surface area contributed by atoms with Crippen molar-refractivity contribution in [2.75, 3.05) is 4.90 Å². The van der Waals surface area contributed by atoms with Crippen LogP contribution in [0.15, 0.2) is 220 Å². The molecule has 3 nitrogen and oxygen atoms in total. The average Bonchev–Trinajstić information content (AvgIpc) is 3.84. The van der Waals surface area contributed by atoms with Crippen molar-refractivity contribution in [1.29, 1.82) is 0 Å². The summed E-state index contributed by atoms with van der Waals surface area (Å²) in [4.78, 5) is 4.89. The molecule has 1 aliphatic heterocycles. The number of rotatable bonds is 5. The lowest BCUT2D eigenvalue weighted by Gasteiger charge is -2.33. The Bertz CT molecular complexity index is 3390. The van der Waals surface area contributed by atoms with Gasteiger partial charge in [0.15, 0.2) is 5.58 Å². The van der Waals surface area contributed by atoms with Gasteiger partial charge in [0.25, 0.3) is 0 Å². The standard InChI is InChI=1S/C54H34N2OS/c1-2-13-35(14-3-1)38-17-11-18-41(32-38)55-47-23-7-9-26-52(47)58-53-34-40(28-30-48(53)55)37-16-10-15-36(31-37)39-27-29-43-42-19-4-6-22-46(42)56(50(43)33-39)49-24-12-21-45-44-20-5-8-25-51(44)57-54(45)49/h1-34H. The summed E-state index contributed by atoms with van der Waals surface area (Å²) in [5.41, 5.74) is 15.8. The Morgan fingerprint density at radius 2 is 0.948 bits per heavy atom. The summed E-state index contributed by atoms with van der Waals surface area (Å²) < 4.78 is 8.95. The van der Waals surface area contributed by atoms with E-state index >= 15 is 0 Å². The third-order valence-electron chi connectivity index (χ3n) is 11.6. The van der Waals surface area contributed by atoms with Gasteiger partial charge in [0.05, 0.1) is 28.1 Å². The highest BCUT2D eigenvalue weighted by atomic mass is 32.2. The second-order valence-electron chi connectivity index (χ2n) is 14.9. The molecule has 0 bridgehead atoms. The summed E-state index contributed by atoms with van der Waals surface area (Å²) in [6, 6.07) is 74.5. The molecule has 0 radical (unpaired) electrons. The van der Waals surface area contributed by atoms with Gasteiger partial charge in [-0.1, -0.05) is 151 Å². The first-order valence-corrected chi connectivity index (χ1v) is 20.5. The van der Waals surface area contributed by atoms with Gasteiger partial charge in [0.1, 0.15) is 5.58 Å². The number of hydrogen-bond acceptors (Lipinski definition) is 3. The molecule has 0 fully saturated rings. The molecule has 11 aromatic rings. The maximum atomic E-state index is 6.57. The minimum Gasteiger partial charge on any atom is -0.454 e. The van der Waals surface area contributed by atoms with E-state index in [0.29, 0.717) is 0 Å². The molecular weight excluding hydrogens is 725 g/mol. The fourth-order valence-electron chi connectivity index (χ4n) is 8.87. The normalized spacial score (nSPS) is 12.4. The van der Waals surface area contributed by atoms with Gasteiger partial charge in [0.2, 0.25) is 0 Å². The van der Waals surface area contributed by atoms with E-state index in [4.69, 9.17) is 4.42 Å². The van der Waals surface area contributed by atoms with Crippen LogP contribution in [-0.4, -0.2) is 4.57 Å². The molecule has 12 rings (SSSR count). The molecule has 0 amide bonds. The zero-order valence-electron chi connectivity index (χ0n) is 31.3. The number of benzene rings is 9. The van der Waals surface area contributed by atoms with Gasteiger partial charge in [0, 0.05) is 37.0 Å². The Labute approximate surface area is 340 Å². The van der Waals surface area contributed by atoms with E-state index < -0.39 is 0 Å². The van der Waals surface area contributed by atoms with Crippen LogP contribution in [0.5, 0.6) is 0 Å². The van der Waals surface area contributed by atoms with Crippen molar-refractivity contribution in [3.63, 3.8) is 0 Å². The number of furan rings is 1. The van der Waals surface area contributed by atoms with E-state index in [1.807, 2.05) is 17.8 Å². The largest absolute Gasteiger partial charge is 0.454 e. The molecule has 0 aliphatic carbocycles. The molecule has 4 heteroatoms. The Balaban J connectivity index is 0.960. The van der Waals surface area contributed by atoms with E-state index in [1.165, 1.54) is 65.3 Å². The molecule has 58 heavy (non-hydrogen) atoms. The summed E-state index contributed by atoms with van der Waals surface area (Å²) in [6.45, 7) is 0. The SMILES string of the molecule is c1ccc(-c2cccc(N3c4ccccc4Sc4cc(-c5cccc(-c6ccc7c8ccccc8n(-c8cccc9c8oc8ccccc89)c7c6)c5)ccc43)c2)cc1. The first-order chi connectivity index (χ1) is 28.7. The van der Waals surface area contributed by atoms with Crippen LogP contribution < -0.4 is 4.90 Å². The van der Waals surface area contributed by atoms with Crippen LogP contribution in [-0.2, 0) is 0 Å². The van der Waals surface area contributed by atoms with Crippen LogP contribution in [0.3, 0.4) is 0 Å². The fourth-order valence-corrected chi connectivity index (χ4v) is 9.96. The second kappa shape index (κ2) is 13.2. The Morgan fingerprint density at radius 1 is 0.345 bits per heavy atom. The van der Waals surface area contributed by atoms with Crippen molar-refractivity contribution in [2.24, 2.45) is 0 Å². The highest BCUT2D eigenvalue weighted by molar-refractivity contribution is 7.99. The number of fused-ring (bicyclic) bond motifs is 8. The molecule has 0 spiro atoms. The van der Waals surface area contributed by atoms with Crippen LogP contribution in [0.1, 0.15) is 0 Å². The number of nitrogens with zero attached hydrogens (tertiary/aromatic N) is 2. The maximum Gasteiger partial charge on any atom is 0.159 e. The van der Waals surface area contributed by atoms with Gasteiger partial charge < -0.3 is 13.9 Å². The molecule has 0 N–H and O–H groups in total.